The third kappa shape index (κ3) is 3.59. The van der Waals surface area contributed by atoms with Crippen molar-refractivity contribution in [3.63, 3.8) is 0 Å². The number of ether oxygens (including phenoxy) is 1. The Morgan fingerprint density at radius 2 is 2.11 bits per heavy atom. The fourth-order valence-electron chi connectivity index (χ4n) is 1.69. The molecule has 0 aliphatic carbocycles. The van der Waals surface area contributed by atoms with Crippen molar-refractivity contribution < 1.29 is 14.8 Å². The zero-order valence-electron chi connectivity index (χ0n) is 10.8. The van der Waals surface area contributed by atoms with Gasteiger partial charge >= 0.3 is 0 Å². The molecule has 0 bridgehead atoms. The van der Waals surface area contributed by atoms with E-state index in [0.717, 1.165) is 13.0 Å². The van der Waals surface area contributed by atoms with Crippen molar-refractivity contribution in [2.75, 3.05) is 27.7 Å². The van der Waals surface area contributed by atoms with Gasteiger partial charge in [0.2, 0.25) is 0 Å². The number of hydrogen-bond donors (Lipinski definition) is 1. The average molecular weight is 254 g/mol. The Labute approximate surface area is 106 Å². The molecule has 0 saturated carbocycles. The summed E-state index contributed by atoms with van der Waals surface area (Å²) in [6.07, 6.45) is 1.38. The van der Waals surface area contributed by atoms with Gasteiger partial charge in [-0.1, -0.05) is 0 Å². The first-order chi connectivity index (χ1) is 8.45. The minimum absolute atomic E-state index is 0.0122. The number of phenols is 1. The first kappa shape index (κ1) is 14.2. The molecule has 0 aliphatic rings. The molecule has 1 aromatic carbocycles. The second-order valence-corrected chi connectivity index (χ2v) is 4.32. The van der Waals surface area contributed by atoms with Crippen LogP contribution in [0.25, 0.3) is 0 Å². The first-order valence-corrected chi connectivity index (χ1v) is 5.64. The van der Waals surface area contributed by atoms with Gasteiger partial charge < -0.3 is 14.7 Å². The van der Waals surface area contributed by atoms with Crippen LogP contribution in [0.5, 0.6) is 11.5 Å². The Balaban J connectivity index is 2.94. The van der Waals surface area contributed by atoms with E-state index in [1.54, 1.807) is 0 Å². The van der Waals surface area contributed by atoms with Gasteiger partial charge in [-0.15, -0.1) is 0 Å². The van der Waals surface area contributed by atoms with Crippen molar-refractivity contribution in [2.45, 2.75) is 12.8 Å². The third-order valence-electron chi connectivity index (χ3n) is 2.62. The highest BCUT2D eigenvalue weighted by atomic mass is 16.6. The highest BCUT2D eigenvalue weighted by Gasteiger charge is 2.16. The van der Waals surface area contributed by atoms with Crippen LogP contribution in [0.4, 0.5) is 5.69 Å². The summed E-state index contributed by atoms with van der Waals surface area (Å²) >= 11 is 0. The van der Waals surface area contributed by atoms with Crippen molar-refractivity contribution >= 4 is 5.69 Å². The van der Waals surface area contributed by atoms with Gasteiger partial charge in [0.25, 0.3) is 5.69 Å². The van der Waals surface area contributed by atoms with Gasteiger partial charge in [-0.3, -0.25) is 10.1 Å². The molecule has 1 rings (SSSR count). The number of nitro groups is 1. The Bertz CT molecular complexity index is 432. The molecule has 0 unspecified atom stereocenters. The maximum atomic E-state index is 10.8. The van der Waals surface area contributed by atoms with Crippen molar-refractivity contribution in [1.82, 2.24) is 4.90 Å². The second kappa shape index (κ2) is 6.20. The quantitative estimate of drug-likeness (QED) is 0.619. The normalized spacial score (nSPS) is 10.7. The molecule has 6 heteroatoms. The van der Waals surface area contributed by atoms with Crippen LogP contribution >= 0.6 is 0 Å². The predicted molar refractivity (Wildman–Crippen MR) is 68.2 cm³/mol. The van der Waals surface area contributed by atoms with Gasteiger partial charge in [0, 0.05) is 11.6 Å². The molecule has 0 amide bonds. The van der Waals surface area contributed by atoms with E-state index in [1.165, 1.54) is 19.2 Å². The van der Waals surface area contributed by atoms with E-state index in [2.05, 4.69) is 0 Å². The molecule has 18 heavy (non-hydrogen) atoms. The molecule has 6 nitrogen and oxygen atoms in total. The zero-order valence-corrected chi connectivity index (χ0v) is 10.8. The first-order valence-electron chi connectivity index (χ1n) is 5.64. The molecule has 1 N–H and O–H groups in total. The number of methoxy groups -OCH3 is 1. The topological polar surface area (TPSA) is 75.8 Å². The molecule has 0 aromatic heterocycles. The lowest BCUT2D eigenvalue weighted by Gasteiger charge is -2.11. The highest BCUT2D eigenvalue weighted by molar-refractivity contribution is 5.53. The SMILES string of the molecule is COc1cc([N+](=O)[O-])cc(CCCN(C)C)c1O. The van der Waals surface area contributed by atoms with Crippen LogP contribution in [0.2, 0.25) is 0 Å². The zero-order chi connectivity index (χ0) is 13.7. The average Bonchev–Trinajstić information content (AvgIpc) is 2.30. The van der Waals surface area contributed by atoms with Gasteiger partial charge in [-0.2, -0.15) is 0 Å². The predicted octanol–water partition coefficient (Wildman–Crippen LogP) is 1.80. The van der Waals surface area contributed by atoms with E-state index >= 15 is 0 Å². The summed E-state index contributed by atoms with van der Waals surface area (Å²) in [5.41, 5.74) is 0.479. The fourth-order valence-corrected chi connectivity index (χ4v) is 1.69. The maximum Gasteiger partial charge on any atom is 0.273 e. The Kier molecular flexibility index (Phi) is 4.91. The van der Waals surface area contributed by atoms with Gasteiger partial charge in [-0.05, 0) is 33.5 Å². The molecule has 0 aliphatic heterocycles. The lowest BCUT2D eigenvalue weighted by Crippen LogP contribution is -2.13. The molecule has 100 valence electrons. The molecule has 0 heterocycles. The largest absolute Gasteiger partial charge is 0.504 e. The monoisotopic (exact) mass is 254 g/mol. The number of non-ortho nitro benzene ring substituents is 1. The number of aryl methyl sites for hydroxylation is 1. The van der Waals surface area contributed by atoms with E-state index in [4.69, 9.17) is 4.74 Å². The van der Waals surface area contributed by atoms with Gasteiger partial charge in [0.05, 0.1) is 18.1 Å². The van der Waals surface area contributed by atoms with E-state index in [-0.39, 0.29) is 17.2 Å². The molecule has 0 fully saturated rings. The molecule has 0 spiro atoms. The van der Waals surface area contributed by atoms with Crippen LogP contribution in [0, 0.1) is 10.1 Å². The minimum atomic E-state index is -0.489. The van der Waals surface area contributed by atoms with Gasteiger partial charge in [0.1, 0.15) is 0 Å². The summed E-state index contributed by atoms with van der Waals surface area (Å²) in [5.74, 6) is 0.130. The molecule has 0 saturated heterocycles. The number of aromatic hydroxyl groups is 1. The second-order valence-electron chi connectivity index (χ2n) is 4.32. The number of hydrogen-bond acceptors (Lipinski definition) is 5. The van der Waals surface area contributed by atoms with Crippen LogP contribution < -0.4 is 4.74 Å². The number of phenolic OH excluding ortho intramolecular Hbond substituents is 1. The Morgan fingerprint density at radius 1 is 1.44 bits per heavy atom. The summed E-state index contributed by atoms with van der Waals surface area (Å²) < 4.78 is 4.94. The summed E-state index contributed by atoms with van der Waals surface area (Å²) in [6, 6.07) is 2.62. The van der Waals surface area contributed by atoms with Crippen molar-refractivity contribution in [1.29, 1.82) is 0 Å². The molecule has 1 aromatic rings. The summed E-state index contributed by atoms with van der Waals surface area (Å²) in [5, 5.41) is 20.7. The maximum absolute atomic E-state index is 10.8. The lowest BCUT2D eigenvalue weighted by molar-refractivity contribution is -0.385. The van der Waals surface area contributed by atoms with E-state index in [9.17, 15) is 15.2 Å². The highest BCUT2D eigenvalue weighted by Crippen LogP contribution is 2.35. The molecule has 0 atom stereocenters. The van der Waals surface area contributed by atoms with Crippen LogP contribution in [-0.2, 0) is 6.42 Å². The third-order valence-corrected chi connectivity index (χ3v) is 2.62. The summed E-state index contributed by atoms with van der Waals surface area (Å²) in [4.78, 5) is 12.3. The number of nitrogens with zero attached hydrogens (tertiary/aromatic N) is 2. The van der Waals surface area contributed by atoms with Gasteiger partial charge in [-0.25, -0.2) is 0 Å². The Morgan fingerprint density at radius 3 is 2.61 bits per heavy atom. The van der Waals surface area contributed by atoms with Gasteiger partial charge in [0.15, 0.2) is 11.5 Å². The van der Waals surface area contributed by atoms with E-state index < -0.39 is 4.92 Å². The summed E-state index contributed by atoms with van der Waals surface area (Å²) in [6.45, 7) is 0.852. The van der Waals surface area contributed by atoms with E-state index in [0.29, 0.717) is 12.0 Å². The van der Waals surface area contributed by atoms with Crippen molar-refractivity contribution in [3.8, 4) is 11.5 Å². The van der Waals surface area contributed by atoms with E-state index in [1.807, 2.05) is 19.0 Å². The minimum Gasteiger partial charge on any atom is -0.504 e. The Hall–Kier alpha value is -1.82. The van der Waals surface area contributed by atoms with Crippen LogP contribution in [0.1, 0.15) is 12.0 Å². The van der Waals surface area contributed by atoms with Crippen molar-refractivity contribution in [3.05, 3.63) is 27.8 Å². The lowest BCUT2D eigenvalue weighted by atomic mass is 10.1. The standard InChI is InChI=1S/C12H18N2O4/c1-13(2)6-4-5-9-7-10(14(16)17)8-11(18-3)12(9)15/h7-8,15H,4-6H2,1-3H3. The number of benzene rings is 1. The molecular weight excluding hydrogens is 236 g/mol. The van der Waals surface area contributed by atoms with Crippen molar-refractivity contribution in [2.24, 2.45) is 0 Å². The summed E-state index contributed by atoms with van der Waals surface area (Å²) in [7, 11) is 5.28. The number of nitro benzene ring substituents is 1. The smallest absolute Gasteiger partial charge is 0.273 e. The fraction of sp³-hybridized carbons (Fsp3) is 0.500. The molecule has 0 radical (unpaired) electrons. The molecular formula is C12H18N2O4. The van der Waals surface area contributed by atoms with Crippen LogP contribution in [0.15, 0.2) is 12.1 Å². The number of rotatable bonds is 6. The van der Waals surface area contributed by atoms with Crippen LogP contribution in [0.3, 0.4) is 0 Å². The van der Waals surface area contributed by atoms with Crippen LogP contribution in [-0.4, -0.2) is 42.7 Å².